The van der Waals surface area contributed by atoms with E-state index >= 15 is 0 Å². The number of allylic oxidation sites excluding steroid dienone is 2. The standard InChI is InChI=1S/C25H41O4P/c1-6-7-23(26)22-11-10-20-19-9-8-17-16-18(30(27,28-4)29-5)12-14-24(17,2)21(19)13-15-25(20,22)3/h16-17,19-22H,6-15H2,1-5H3/t17?,19-,20-,21+,22?,24-,25-/m0/s1. The van der Waals surface area contributed by atoms with E-state index in [9.17, 15) is 9.36 Å². The smallest absolute Gasteiger partial charge is 0.309 e. The van der Waals surface area contributed by atoms with E-state index in [1.54, 1.807) is 0 Å². The molecule has 3 saturated carbocycles. The fourth-order valence-corrected chi connectivity index (χ4v) is 9.70. The highest BCUT2D eigenvalue weighted by Gasteiger charge is 2.60. The van der Waals surface area contributed by atoms with Crippen molar-refractivity contribution in [3.8, 4) is 0 Å². The maximum atomic E-state index is 13.0. The lowest BCUT2D eigenvalue weighted by atomic mass is 9.45. The number of carbonyl (C=O) groups is 1. The molecule has 0 aromatic heterocycles. The molecule has 7 atom stereocenters. The molecule has 0 aromatic rings. The second-order valence-electron chi connectivity index (χ2n) is 11.0. The molecule has 0 N–H and O–H groups in total. The molecule has 4 aliphatic rings. The van der Waals surface area contributed by atoms with Crippen molar-refractivity contribution in [2.75, 3.05) is 14.2 Å². The SMILES string of the molecule is CCCC(=O)C1CC[C@H]2[C@@H]3CCC4C=C(P(=O)(OC)OC)CC[C@]4(C)[C@@H]3CC[C@]12C. The minimum atomic E-state index is -3.12. The summed E-state index contributed by atoms with van der Waals surface area (Å²) in [6.45, 7) is 7.06. The molecule has 4 aliphatic carbocycles. The van der Waals surface area contributed by atoms with E-state index in [-0.39, 0.29) is 10.8 Å². The topological polar surface area (TPSA) is 52.6 Å². The molecule has 0 aromatic carbocycles. The van der Waals surface area contributed by atoms with Crippen molar-refractivity contribution in [3.63, 3.8) is 0 Å². The Bertz CT molecular complexity index is 752. The molecule has 0 amide bonds. The molecule has 4 rings (SSSR count). The van der Waals surface area contributed by atoms with Crippen LogP contribution in [-0.4, -0.2) is 20.0 Å². The van der Waals surface area contributed by atoms with Crippen molar-refractivity contribution in [2.24, 2.45) is 40.4 Å². The second-order valence-corrected chi connectivity index (χ2v) is 13.3. The van der Waals surface area contributed by atoms with Crippen molar-refractivity contribution < 1.29 is 18.4 Å². The molecule has 0 aliphatic heterocycles. The Morgan fingerprint density at radius 1 is 1.03 bits per heavy atom. The van der Waals surface area contributed by atoms with E-state index in [1.807, 2.05) is 0 Å². The molecule has 0 saturated heterocycles. The molecule has 30 heavy (non-hydrogen) atoms. The van der Waals surface area contributed by atoms with Gasteiger partial charge in [-0.2, -0.15) is 0 Å². The Morgan fingerprint density at radius 2 is 1.73 bits per heavy atom. The van der Waals surface area contributed by atoms with Gasteiger partial charge < -0.3 is 9.05 Å². The van der Waals surface area contributed by atoms with Crippen LogP contribution in [0.2, 0.25) is 0 Å². The van der Waals surface area contributed by atoms with Gasteiger partial charge in [0.05, 0.1) is 0 Å². The van der Waals surface area contributed by atoms with Gasteiger partial charge in [0.1, 0.15) is 5.78 Å². The average molecular weight is 437 g/mol. The van der Waals surface area contributed by atoms with Crippen LogP contribution in [0.15, 0.2) is 11.4 Å². The van der Waals surface area contributed by atoms with Crippen LogP contribution in [-0.2, 0) is 18.4 Å². The molecule has 0 spiro atoms. The highest BCUT2D eigenvalue weighted by atomic mass is 31.2. The summed E-state index contributed by atoms with van der Waals surface area (Å²) in [5.41, 5.74) is 0.486. The molecular weight excluding hydrogens is 395 g/mol. The Kier molecular flexibility index (Phi) is 6.19. The zero-order valence-corrected chi connectivity index (χ0v) is 20.5. The summed E-state index contributed by atoms with van der Waals surface area (Å²) in [5, 5.41) is 0.889. The number of rotatable bonds is 6. The van der Waals surface area contributed by atoms with Crippen molar-refractivity contribution in [1.29, 1.82) is 0 Å². The Morgan fingerprint density at radius 3 is 2.40 bits per heavy atom. The Labute approximate surface area is 183 Å². The van der Waals surface area contributed by atoms with Crippen molar-refractivity contribution in [3.05, 3.63) is 11.4 Å². The molecule has 170 valence electrons. The molecular formula is C25H41O4P. The predicted octanol–water partition coefficient (Wildman–Crippen LogP) is 6.99. The molecule has 4 nitrogen and oxygen atoms in total. The van der Waals surface area contributed by atoms with E-state index in [0.29, 0.717) is 23.5 Å². The quantitative estimate of drug-likeness (QED) is 0.421. The Hall–Kier alpha value is -0.440. The lowest BCUT2D eigenvalue weighted by molar-refractivity contribution is -0.132. The number of carbonyl (C=O) groups excluding carboxylic acids is 1. The highest BCUT2D eigenvalue weighted by molar-refractivity contribution is 7.58. The highest BCUT2D eigenvalue weighted by Crippen LogP contribution is 2.69. The fraction of sp³-hybridized carbons (Fsp3) is 0.880. The maximum Gasteiger partial charge on any atom is 0.356 e. The molecule has 5 heteroatoms. The van der Waals surface area contributed by atoms with Crippen molar-refractivity contribution in [2.45, 2.75) is 85.0 Å². The lowest BCUT2D eigenvalue weighted by Crippen LogP contribution is -2.52. The van der Waals surface area contributed by atoms with Gasteiger partial charge in [0.15, 0.2) is 0 Å². The predicted molar refractivity (Wildman–Crippen MR) is 120 cm³/mol. The van der Waals surface area contributed by atoms with Gasteiger partial charge in [-0.3, -0.25) is 9.36 Å². The van der Waals surface area contributed by atoms with E-state index < -0.39 is 7.60 Å². The van der Waals surface area contributed by atoms with Gasteiger partial charge in [-0.1, -0.05) is 26.8 Å². The number of hydrogen-bond acceptors (Lipinski definition) is 4. The fourth-order valence-electron chi connectivity index (χ4n) is 8.33. The van der Waals surface area contributed by atoms with Crippen molar-refractivity contribution >= 4 is 13.4 Å². The molecule has 2 unspecified atom stereocenters. The van der Waals surface area contributed by atoms with Crippen LogP contribution in [0, 0.1) is 40.4 Å². The van der Waals surface area contributed by atoms with Crippen molar-refractivity contribution in [1.82, 2.24) is 0 Å². The Balaban J connectivity index is 1.58. The molecule has 3 fully saturated rings. The largest absolute Gasteiger partial charge is 0.356 e. The van der Waals surface area contributed by atoms with Crippen LogP contribution in [0.5, 0.6) is 0 Å². The minimum absolute atomic E-state index is 0.216. The summed E-state index contributed by atoms with van der Waals surface area (Å²) in [6, 6.07) is 0. The first kappa shape index (κ1) is 22.7. The average Bonchev–Trinajstić information content (AvgIpc) is 3.10. The zero-order valence-electron chi connectivity index (χ0n) is 19.6. The van der Waals surface area contributed by atoms with Crippen LogP contribution >= 0.6 is 7.60 Å². The summed E-state index contributed by atoms with van der Waals surface area (Å²) >= 11 is 0. The summed E-state index contributed by atoms with van der Waals surface area (Å²) < 4.78 is 23.6. The van der Waals surface area contributed by atoms with Crippen LogP contribution in [0.3, 0.4) is 0 Å². The van der Waals surface area contributed by atoms with Crippen LogP contribution in [0.4, 0.5) is 0 Å². The van der Waals surface area contributed by atoms with E-state index in [0.717, 1.165) is 55.7 Å². The van der Waals surface area contributed by atoms with E-state index in [1.165, 1.54) is 39.9 Å². The van der Waals surface area contributed by atoms with Gasteiger partial charge in [-0.25, -0.2) is 0 Å². The van der Waals surface area contributed by atoms with Gasteiger partial charge in [-0.15, -0.1) is 0 Å². The molecule has 0 bridgehead atoms. The summed E-state index contributed by atoms with van der Waals surface area (Å²) in [5.74, 6) is 3.45. The molecule has 0 radical (unpaired) electrons. The number of hydrogen-bond donors (Lipinski definition) is 0. The third-order valence-electron chi connectivity index (χ3n) is 9.97. The lowest BCUT2D eigenvalue weighted by Gasteiger charge is -2.59. The first-order chi connectivity index (χ1) is 14.2. The minimum Gasteiger partial charge on any atom is -0.309 e. The van der Waals surface area contributed by atoms with Gasteiger partial charge in [0, 0.05) is 31.9 Å². The summed E-state index contributed by atoms with van der Waals surface area (Å²) in [7, 11) is -0.129. The normalized spacial score (nSPS) is 43.4. The summed E-state index contributed by atoms with van der Waals surface area (Å²) in [4.78, 5) is 12.9. The van der Waals surface area contributed by atoms with Gasteiger partial charge in [0.25, 0.3) is 0 Å². The van der Waals surface area contributed by atoms with Crippen LogP contribution in [0.25, 0.3) is 0 Å². The number of fused-ring (bicyclic) bond motifs is 5. The van der Waals surface area contributed by atoms with Gasteiger partial charge >= 0.3 is 7.60 Å². The van der Waals surface area contributed by atoms with Gasteiger partial charge in [0.2, 0.25) is 0 Å². The zero-order chi connectivity index (χ0) is 21.7. The number of Topliss-reactive ketones (excluding diaryl/α,β-unsaturated/α-hetero) is 1. The molecule has 0 heterocycles. The number of ketones is 1. The third-order valence-corrected chi connectivity index (χ3v) is 12.0. The summed E-state index contributed by atoms with van der Waals surface area (Å²) in [6.07, 6.45) is 13.1. The van der Waals surface area contributed by atoms with E-state index in [2.05, 4.69) is 26.8 Å². The van der Waals surface area contributed by atoms with Crippen LogP contribution < -0.4 is 0 Å². The maximum absolute atomic E-state index is 13.0. The van der Waals surface area contributed by atoms with E-state index in [4.69, 9.17) is 9.05 Å². The van der Waals surface area contributed by atoms with Gasteiger partial charge in [-0.05, 0) is 92.3 Å². The second kappa shape index (κ2) is 8.16. The van der Waals surface area contributed by atoms with Crippen LogP contribution in [0.1, 0.15) is 85.0 Å². The third kappa shape index (κ3) is 3.32. The first-order valence-corrected chi connectivity index (χ1v) is 13.7. The monoisotopic (exact) mass is 436 g/mol. The first-order valence-electron chi connectivity index (χ1n) is 12.2.